The van der Waals surface area contributed by atoms with E-state index in [1.165, 1.54) is 34.0 Å². The first kappa shape index (κ1) is 30.7. The number of fused-ring (bicyclic) bond motifs is 20. The van der Waals surface area contributed by atoms with Crippen molar-refractivity contribution in [1.29, 1.82) is 0 Å². The van der Waals surface area contributed by atoms with E-state index in [0.717, 1.165) is 54.8 Å². The van der Waals surface area contributed by atoms with Gasteiger partial charge in [-0.25, -0.2) is 0 Å². The molecule has 9 nitrogen and oxygen atoms in total. The molecule has 0 aliphatic carbocycles. The van der Waals surface area contributed by atoms with Gasteiger partial charge in [-0.3, -0.25) is 0 Å². The number of benzene rings is 4. The van der Waals surface area contributed by atoms with E-state index in [2.05, 4.69) is 35.9 Å². The summed E-state index contributed by atoms with van der Waals surface area (Å²) >= 11 is 1.17. The van der Waals surface area contributed by atoms with Crippen LogP contribution in [0.4, 0.5) is 0 Å². The number of hydrogen-bond acceptors (Lipinski definition) is 7. The fraction of sp³-hybridized carbons (Fsp3) is 0.200. The summed E-state index contributed by atoms with van der Waals surface area (Å²) in [4.78, 5) is 37.6. The Morgan fingerprint density at radius 1 is 0.560 bits per heavy atom. The summed E-state index contributed by atoms with van der Waals surface area (Å²) in [5.74, 6) is 2.86. The molecule has 2 aliphatic heterocycles. The van der Waals surface area contributed by atoms with E-state index in [-0.39, 0.29) is 0 Å². The molecule has 2 N–H and O–H groups in total. The van der Waals surface area contributed by atoms with Gasteiger partial charge in [0, 0.05) is 0 Å². The van der Waals surface area contributed by atoms with Gasteiger partial charge in [0.15, 0.2) is 0 Å². The summed E-state index contributed by atoms with van der Waals surface area (Å²) in [6.45, 7) is 5.18. The maximum atomic E-state index is 6.34. The first-order valence-electron chi connectivity index (χ1n) is 17.1. The van der Waals surface area contributed by atoms with Crippen molar-refractivity contribution in [3.63, 3.8) is 0 Å². The van der Waals surface area contributed by atoms with Gasteiger partial charge in [0.1, 0.15) is 0 Å². The maximum absolute atomic E-state index is 6.34. The summed E-state index contributed by atoms with van der Waals surface area (Å²) in [7, 11) is 0. The molecule has 5 heterocycles. The van der Waals surface area contributed by atoms with Crippen LogP contribution >= 0.6 is 0 Å². The Balaban J connectivity index is 1.33. The van der Waals surface area contributed by atoms with Crippen LogP contribution in [-0.4, -0.2) is 46.5 Å². The first-order valence-corrected chi connectivity index (χ1v) is 18.0. The molecule has 0 fully saturated rings. The Kier molecular flexibility index (Phi) is 7.90. The average molecular weight is 701 g/mol. The van der Waals surface area contributed by atoms with E-state index in [1.54, 1.807) is 0 Å². The summed E-state index contributed by atoms with van der Waals surface area (Å²) < 4.78 is 7.32. The molecule has 0 radical (unpaired) electrons. The van der Waals surface area contributed by atoms with Gasteiger partial charge < -0.3 is 0 Å². The van der Waals surface area contributed by atoms with E-state index >= 15 is 0 Å². The number of hydrogen-bond donors (Lipinski definition) is 2. The van der Waals surface area contributed by atoms with Crippen LogP contribution < -0.4 is 4.53 Å². The zero-order valence-electron chi connectivity index (χ0n) is 27.7. The number of aromatic nitrogens is 8. The van der Waals surface area contributed by atoms with Gasteiger partial charge in [-0.2, -0.15) is 0 Å². The van der Waals surface area contributed by atoms with Gasteiger partial charge in [-0.15, -0.1) is 0 Å². The van der Waals surface area contributed by atoms with Gasteiger partial charge in [-0.1, -0.05) is 6.07 Å². The second-order valence-electron chi connectivity index (χ2n) is 12.6. The Labute approximate surface area is 294 Å². The average Bonchev–Trinajstić information content (AvgIpc) is 3.89. The Morgan fingerprint density at radius 3 is 1.58 bits per heavy atom. The molecular formula is C40H34N8NiO. The summed E-state index contributed by atoms with van der Waals surface area (Å²) in [5, 5.41) is 3.76. The monoisotopic (exact) mass is 700 g/mol. The van der Waals surface area contributed by atoms with E-state index in [4.69, 9.17) is 33.8 Å². The van der Waals surface area contributed by atoms with Crippen LogP contribution in [0.3, 0.4) is 0 Å². The minimum atomic E-state index is 0.530. The molecule has 0 saturated heterocycles. The number of rotatable bonds is 8. The van der Waals surface area contributed by atoms with Crippen LogP contribution in [0.1, 0.15) is 39.5 Å². The van der Waals surface area contributed by atoms with E-state index < -0.39 is 0 Å². The molecule has 4 aromatic carbocycles. The van der Waals surface area contributed by atoms with Crippen LogP contribution in [0, 0.1) is 5.92 Å². The zero-order valence-corrected chi connectivity index (χ0v) is 28.7. The Hall–Kier alpha value is -5.31. The van der Waals surface area contributed by atoms with Crippen molar-refractivity contribution in [2.45, 2.75) is 39.5 Å². The number of nitrogens with zero attached hydrogens (tertiary/aromatic N) is 6. The quantitative estimate of drug-likeness (QED) is 0.152. The summed E-state index contributed by atoms with van der Waals surface area (Å²) in [5.41, 5.74) is 6.33. The molecular weight excluding hydrogens is 667 g/mol. The number of H-pyrrole nitrogens is 2. The minimum absolute atomic E-state index is 0.530. The van der Waals surface area contributed by atoms with E-state index in [0.29, 0.717) is 58.4 Å². The van der Waals surface area contributed by atoms with Gasteiger partial charge in [0.05, 0.1) is 0 Å². The Morgan fingerprint density at radius 2 is 1.04 bits per heavy atom. The van der Waals surface area contributed by atoms with Crippen molar-refractivity contribution < 1.29 is 18.6 Å². The second kappa shape index (κ2) is 12.9. The van der Waals surface area contributed by atoms with Crippen LogP contribution in [-0.2, 0) is 18.6 Å². The van der Waals surface area contributed by atoms with Gasteiger partial charge >= 0.3 is 290 Å². The van der Waals surface area contributed by atoms with Crippen molar-refractivity contribution in [3.8, 4) is 45.6 Å². The van der Waals surface area contributed by atoms with Crippen LogP contribution in [0.2, 0.25) is 0 Å². The topological polar surface area (TPSA) is 118 Å². The van der Waals surface area contributed by atoms with Crippen molar-refractivity contribution >= 4 is 48.7 Å². The molecule has 0 amide bonds. The fourth-order valence-electron chi connectivity index (χ4n) is 6.73. The number of unbranched alkanes of at least 4 members (excludes halogenated alkanes) is 1. The standard InChI is InChI=1S/C32H17N8.C8H17O.Ni/c1-2-10-18-17(9-1)25-33-26(18)38-28-21-13-5-6-14-22(21)30(35-28)40-32-24-16-8-7-15-23(24)31(36-32)39-29-20-12-4-3-11-19(20)27(34-29)37-25;1-3-5-6-8(4-2)7-9;/h1-15H,(H2,33,34,35,36,37,38,39,40);8H,3-7H2,1-2H3;/q;-1;+1. The van der Waals surface area contributed by atoms with Crippen molar-refractivity contribution in [2.24, 2.45) is 5.92 Å². The molecule has 250 valence electrons. The summed E-state index contributed by atoms with van der Waals surface area (Å²) in [6.07, 6.45) is 4.67. The SMILES string of the molecule is CCCCC(CC)C[O][Ni][c]1cccc2c3nc4nc(nc5[nH]c(nc6nc(nc([nH]3)c12)-c1ccccc1-6)c1ccccc51)-c1ccccc1-4. The third kappa shape index (κ3) is 5.36. The molecule has 8 bridgehead atoms. The molecule has 10 heteroatoms. The zero-order chi connectivity index (χ0) is 33.6. The molecule has 1 unspecified atom stereocenters. The molecule has 50 heavy (non-hydrogen) atoms. The van der Waals surface area contributed by atoms with Gasteiger partial charge in [0.25, 0.3) is 0 Å². The van der Waals surface area contributed by atoms with Crippen LogP contribution in [0.5, 0.6) is 0 Å². The fourth-order valence-corrected chi connectivity index (χ4v) is 7.71. The van der Waals surface area contributed by atoms with Gasteiger partial charge in [-0.05, 0) is 0 Å². The van der Waals surface area contributed by atoms with Crippen molar-refractivity contribution in [1.82, 2.24) is 39.9 Å². The predicted molar refractivity (Wildman–Crippen MR) is 195 cm³/mol. The number of nitrogens with one attached hydrogen (secondary N) is 2. The van der Waals surface area contributed by atoms with Crippen LogP contribution in [0.15, 0.2) is 91.0 Å². The molecule has 7 aromatic rings. The van der Waals surface area contributed by atoms with Crippen molar-refractivity contribution in [2.75, 3.05) is 6.61 Å². The van der Waals surface area contributed by atoms with Crippen LogP contribution in [0.25, 0.3) is 89.7 Å². The molecule has 3 aromatic heterocycles. The molecule has 9 rings (SSSR count). The number of aromatic amines is 2. The van der Waals surface area contributed by atoms with Crippen molar-refractivity contribution in [3.05, 3.63) is 91.0 Å². The van der Waals surface area contributed by atoms with E-state index in [1.807, 2.05) is 78.9 Å². The van der Waals surface area contributed by atoms with Gasteiger partial charge in [0.2, 0.25) is 0 Å². The molecule has 0 saturated carbocycles. The van der Waals surface area contributed by atoms with E-state index in [9.17, 15) is 0 Å². The predicted octanol–water partition coefficient (Wildman–Crippen LogP) is 8.73. The Bertz CT molecular complexity index is 2590. The third-order valence-electron chi connectivity index (χ3n) is 9.45. The second-order valence-corrected chi connectivity index (χ2v) is 13.6. The molecule has 1 atom stereocenters. The third-order valence-corrected chi connectivity index (χ3v) is 10.4. The molecule has 0 spiro atoms. The normalized spacial score (nSPS) is 12.8. The first-order chi connectivity index (χ1) is 24.7. The molecule has 2 aliphatic rings. The summed E-state index contributed by atoms with van der Waals surface area (Å²) in [6, 6.07) is 30.5.